The van der Waals surface area contributed by atoms with Crippen LogP contribution in [0.5, 0.6) is 0 Å². The van der Waals surface area contributed by atoms with Gasteiger partial charge in [-0.25, -0.2) is 0 Å². The van der Waals surface area contributed by atoms with Gasteiger partial charge in [-0.15, -0.1) is 11.8 Å². The number of amides is 2. The number of carbonyl (C=O) groups excluding carboxylic acids is 3. The zero-order chi connectivity index (χ0) is 14.1. The van der Waals surface area contributed by atoms with Crippen molar-refractivity contribution in [1.29, 1.82) is 0 Å². The summed E-state index contributed by atoms with van der Waals surface area (Å²) in [6.45, 7) is 5.45. The molecule has 0 radical (unpaired) electrons. The fraction of sp³-hybridized carbons (Fsp3) is 0.750. The van der Waals surface area contributed by atoms with Gasteiger partial charge in [0.25, 0.3) is 0 Å². The van der Waals surface area contributed by atoms with Crippen molar-refractivity contribution in [3.05, 3.63) is 0 Å². The van der Waals surface area contributed by atoms with Gasteiger partial charge in [-0.05, 0) is 0 Å². The number of rotatable bonds is 4. The van der Waals surface area contributed by atoms with Gasteiger partial charge in [0.2, 0.25) is 11.8 Å². The summed E-state index contributed by atoms with van der Waals surface area (Å²) in [5, 5.41) is -0.388. The lowest BCUT2D eigenvalue weighted by Crippen LogP contribution is -2.41. The van der Waals surface area contributed by atoms with E-state index in [4.69, 9.17) is 5.73 Å². The molecular formula is C12H20N2O3S. The van der Waals surface area contributed by atoms with Gasteiger partial charge in [0.1, 0.15) is 0 Å². The topological polar surface area (TPSA) is 80.5 Å². The van der Waals surface area contributed by atoms with Crippen molar-refractivity contribution in [2.45, 2.75) is 38.5 Å². The van der Waals surface area contributed by atoms with Gasteiger partial charge in [-0.2, -0.15) is 0 Å². The average Bonchev–Trinajstić information content (AvgIpc) is 2.51. The molecule has 0 bridgehead atoms. The number of carbonyl (C=O) groups is 3. The summed E-state index contributed by atoms with van der Waals surface area (Å²) in [6.07, 6.45) is 0.205. The maximum atomic E-state index is 11.9. The lowest BCUT2D eigenvalue weighted by Gasteiger charge is -2.22. The monoisotopic (exact) mass is 272 g/mol. The lowest BCUT2D eigenvalue weighted by molar-refractivity contribution is -0.136. The van der Waals surface area contributed by atoms with Crippen molar-refractivity contribution in [2.24, 2.45) is 11.1 Å². The van der Waals surface area contributed by atoms with Crippen molar-refractivity contribution >= 4 is 29.4 Å². The second-order valence-corrected chi connectivity index (χ2v) is 6.77. The van der Waals surface area contributed by atoms with E-state index in [1.807, 2.05) is 20.8 Å². The first-order chi connectivity index (χ1) is 8.14. The molecule has 102 valence electrons. The minimum atomic E-state index is -0.594. The molecule has 1 heterocycles. The van der Waals surface area contributed by atoms with Gasteiger partial charge < -0.3 is 5.73 Å². The summed E-state index contributed by atoms with van der Waals surface area (Å²) in [5.74, 6) is -0.0260. The summed E-state index contributed by atoms with van der Waals surface area (Å²) in [7, 11) is 1.48. The van der Waals surface area contributed by atoms with Gasteiger partial charge in [0.05, 0.1) is 11.3 Å². The maximum Gasteiger partial charge on any atom is 0.242 e. The fourth-order valence-electron chi connectivity index (χ4n) is 1.70. The predicted molar refractivity (Wildman–Crippen MR) is 71.1 cm³/mol. The van der Waals surface area contributed by atoms with Crippen LogP contribution >= 0.6 is 11.8 Å². The molecule has 6 heteroatoms. The molecule has 1 unspecified atom stereocenters. The third-order valence-electron chi connectivity index (χ3n) is 2.89. The number of hydrogen-bond donors (Lipinski definition) is 1. The second kappa shape index (κ2) is 5.40. The van der Waals surface area contributed by atoms with Crippen LogP contribution in [0.4, 0.5) is 0 Å². The standard InChI is InChI=1S/C12H20N2O3S/c1-12(2,3)10(16)7(13)6-18-8-5-9(15)14(4)11(8)17/h7-8H,5-6,13H2,1-4H3/t7-,8?/m0/s1. The van der Waals surface area contributed by atoms with E-state index in [0.717, 1.165) is 4.90 Å². The summed E-state index contributed by atoms with van der Waals surface area (Å²) in [4.78, 5) is 36.0. The van der Waals surface area contributed by atoms with Crippen LogP contribution in [-0.4, -0.2) is 46.6 Å². The SMILES string of the molecule is CN1C(=O)CC(SC[C@H](N)C(=O)C(C)(C)C)C1=O. The quantitative estimate of drug-likeness (QED) is 0.750. The van der Waals surface area contributed by atoms with E-state index < -0.39 is 11.5 Å². The summed E-state index contributed by atoms with van der Waals surface area (Å²) < 4.78 is 0. The van der Waals surface area contributed by atoms with Crippen LogP contribution in [0, 0.1) is 5.41 Å². The molecular weight excluding hydrogens is 252 g/mol. The van der Waals surface area contributed by atoms with E-state index in [1.165, 1.54) is 18.8 Å². The van der Waals surface area contributed by atoms with E-state index >= 15 is 0 Å². The molecule has 2 amide bonds. The van der Waals surface area contributed by atoms with Gasteiger partial charge in [0.15, 0.2) is 5.78 Å². The Balaban J connectivity index is 2.50. The molecule has 5 nitrogen and oxygen atoms in total. The third kappa shape index (κ3) is 3.32. The number of imide groups is 1. The Morgan fingerprint density at radius 3 is 2.44 bits per heavy atom. The predicted octanol–water partition coefficient (Wildman–Crippen LogP) is 0.419. The minimum Gasteiger partial charge on any atom is -0.321 e. The molecule has 1 saturated heterocycles. The molecule has 0 saturated carbocycles. The second-order valence-electron chi connectivity index (χ2n) is 5.54. The van der Waals surface area contributed by atoms with Crippen molar-refractivity contribution in [3.63, 3.8) is 0 Å². The Labute approximate surface area is 111 Å². The Bertz CT molecular complexity index is 376. The van der Waals surface area contributed by atoms with Crippen molar-refractivity contribution < 1.29 is 14.4 Å². The van der Waals surface area contributed by atoms with E-state index in [-0.39, 0.29) is 29.3 Å². The summed E-state index contributed by atoms with van der Waals surface area (Å²) in [6, 6.07) is -0.594. The van der Waals surface area contributed by atoms with Crippen molar-refractivity contribution in [3.8, 4) is 0 Å². The van der Waals surface area contributed by atoms with Gasteiger partial charge in [-0.3, -0.25) is 19.3 Å². The highest BCUT2D eigenvalue weighted by Crippen LogP contribution is 2.26. The summed E-state index contributed by atoms with van der Waals surface area (Å²) in [5.41, 5.74) is 5.34. The van der Waals surface area contributed by atoms with Crippen molar-refractivity contribution in [2.75, 3.05) is 12.8 Å². The fourth-order valence-corrected chi connectivity index (χ4v) is 2.86. The number of likely N-dealkylation sites (tertiary alicyclic amines) is 1. The highest BCUT2D eigenvalue weighted by Gasteiger charge is 2.37. The van der Waals surface area contributed by atoms with E-state index in [1.54, 1.807) is 0 Å². The number of nitrogens with two attached hydrogens (primary N) is 1. The summed E-state index contributed by atoms with van der Waals surface area (Å²) >= 11 is 1.29. The Morgan fingerprint density at radius 1 is 1.50 bits per heavy atom. The zero-order valence-electron chi connectivity index (χ0n) is 11.2. The number of nitrogens with zero attached hydrogens (tertiary/aromatic N) is 1. The lowest BCUT2D eigenvalue weighted by atomic mass is 9.87. The van der Waals surface area contributed by atoms with Gasteiger partial charge in [0, 0.05) is 24.6 Å². The maximum absolute atomic E-state index is 11.9. The normalized spacial score (nSPS) is 22.5. The van der Waals surface area contributed by atoms with Crippen LogP contribution in [0.3, 0.4) is 0 Å². The molecule has 0 aromatic carbocycles. The molecule has 1 rings (SSSR count). The minimum absolute atomic E-state index is 0.0277. The molecule has 2 atom stereocenters. The first-order valence-electron chi connectivity index (χ1n) is 5.86. The molecule has 0 aromatic rings. The van der Waals surface area contributed by atoms with Crippen molar-refractivity contribution in [1.82, 2.24) is 4.90 Å². The molecule has 1 aliphatic rings. The Morgan fingerprint density at radius 2 is 2.06 bits per heavy atom. The largest absolute Gasteiger partial charge is 0.321 e. The molecule has 1 fully saturated rings. The smallest absolute Gasteiger partial charge is 0.242 e. The van der Waals surface area contributed by atoms with Crippen LogP contribution in [0.1, 0.15) is 27.2 Å². The molecule has 18 heavy (non-hydrogen) atoms. The Kier molecular flexibility index (Phi) is 4.55. The first-order valence-corrected chi connectivity index (χ1v) is 6.91. The van der Waals surface area contributed by atoms with Crippen LogP contribution in [0.2, 0.25) is 0 Å². The first kappa shape index (κ1) is 15.2. The van der Waals surface area contributed by atoms with Crippen LogP contribution in [0.15, 0.2) is 0 Å². The van der Waals surface area contributed by atoms with E-state index in [2.05, 4.69) is 0 Å². The van der Waals surface area contributed by atoms with Crippen LogP contribution in [0.25, 0.3) is 0 Å². The van der Waals surface area contributed by atoms with Crippen LogP contribution < -0.4 is 5.73 Å². The number of Topliss-reactive ketones (excluding diaryl/α,β-unsaturated/α-hetero) is 1. The highest BCUT2D eigenvalue weighted by molar-refractivity contribution is 8.00. The van der Waals surface area contributed by atoms with Crippen LogP contribution in [-0.2, 0) is 14.4 Å². The molecule has 0 aromatic heterocycles. The number of ketones is 1. The third-order valence-corrected chi connectivity index (χ3v) is 4.22. The molecule has 0 aliphatic carbocycles. The number of thioether (sulfide) groups is 1. The average molecular weight is 272 g/mol. The highest BCUT2D eigenvalue weighted by atomic mass is 32.2. The van der Waals surface area contributed by atoms with E-state index in [0.29, 0.717) is 5.75 Å². The van der Waals surface area contributed by atoms with Gasteiger partial charge >= 0.3 is 0 Å². The Hall–Kier alpha value is -0.880. The zero-order valence-corrected chi connectivity index (χ0v) is 12.0. The molecule has 1 aliphatic heterocycles. The molecule has 2 N–H and O–H groups in total. The van der Waals surface area contributed by atoms with E-state index in [9.17, 15) is 14.4 Å². The van der Waals surface area contributed by atoms with Gasteiger partial charge in [-0.1, -0.05) is 20.8 Å². The number of hydrogen-bond acceptors (Lipinski definition) is 5. The molecule has 0 spiro atoms.